The van der Waals surface area contributed by atoms with Gasteiger partial charge in [-0.15, -0.1) is 0 Å². The molecule has 1 aromatic carbocycles. The first-order valence-electron chi connectivity index (χ1n) is 15.6. The number of rotatable bonds is 25. The van der Waals surface area contributed by atoms with Gasteiger partial charge >= 0.3 is 11.9 Å². The lowest BCUT2D eigenvalue weighted by molar-refractivity contribution is 0.0450. The summed E-state index contributed by atoms with van der Waals surface area (Å²) >= 11 is 0. The molecule has 1 aromatic rings. The van der Waals surface area contributed by atoms with Crippen LogP contribution in [0.3, 0.4) is 0 Å². The van der Waals surface area contributed by atoms with Crippen LogP contribution >= 0.6 is 0 Å². The topological polar surface area (TPSA) is 52.6 Å². The minimum atomic E-state index is -0.432. The van der Waals surface area contributed by atoms with Crippen LogP contribution in [0.4, 0.5) is 0 Å². The van der Waals surface area contributed by atoms with Crippen LogP contribution in [0.2, 0.25) is 0 Å². The van der Waals surface area contributed by atoms with Gasteiger partial charge in [0.2, 0.25) is 0 Å². The lowest BCUT2D eigenvalue weighted by Crippen LogP contribution is -2.15. The van der Waals surface area contributed by atoms with Gasteiger partial charge in [0.05, 0.1) is 24.3 Å². The fourth-order valence-corrected chi connectivity index (χ4v) is 4.68. The predicted octanol–water partition coefficient (Wildman–Crippen LogP) is 10.2. The summed E-state index contributed by atoms with van der Waals surface area (Å²) in [6.07, 6.45) is 26.2. The van der Waals surface area contributed by atoms with Crippen LogP contribution in [-0.4, -0.2) is 25.2 Å². The summed E-state index contributed by atoms with van der Waals surface area (Å²) in [5.41, 5.74) is 0.608. The summed E-state index contributed by atoms with van der Waals surface area (Å²) in [5.74, 6) is -0.864. The van der Waals surface area contributed by atoms with E-state index in [4.69, 9.17) is 9.47 Å². The minimum absolute atomic E-state index is 0.304. The average molecular weight is 517 g/mol. The summed E-state index contributed by atoms with van der Waals surface area (Å²) in [6, 6.07) is 6.83. The Morgan fingerprint density at radius 1 is 0.459 bits per heavy atom. The molecule has 0 saturated heterocycles. The fourth-order valence-electron chi connectivity index (χ4n) is 4.68. The normalized spacial score (nSPS) is 11.0. The van der Waals surface area contributed by atoms with E-state index in [0.717, 1.165) is 25.7 Å². The lowest BCUT2D eigenvalue weighted by atomic mass is 10.1. The highest BCUT2D eigenvalue weighted by atomic mass is 16.5. The van der Waals surface area contributed by atoms with Crippen molar-refractivity contribution < 1.29 is 19.1 Å². The quantitative estimate of drug-likeness (QED) is 0.0958. The zero-order valence-electron chi connectivity index (χ0n) is 24.2. The van der Waals surface area contributed by atoms with Crippen LogP contribution < -0.4 is 0 Å². The Labute approximate surface area is 228 Å². The predicted molar refractivity (Wildman–Crippen MR) is 155 cm³/mol. The number of carbonyl (C=O) groups excluding carboxylic acids is 2. The number of esters is 2. The molecule has 0 aliphatic rings. The van der Waals surface area contributed by atoms with Gasteiger partial charge in [-0.3, -0.25) is 0 Å². The molecule has 1 rings (SSSR count). The van der Waals surface area contributed by atoms with Crippen molar-refractivity contribution >= 4 is 11.9 Å². The molecule has 37 heavy (non-hydrogen) atoms. The number of hydrogen-bond acceptors (Lipinski definition) is 4. The summed E-state index contributed by atoms with van der Waals surface area (Å²) in [5, 5.41) is 0. The maximum absolute atomic E-state index is 12.6. The van der Waals surface area contributed by atoms with E-state index in [-0.39, 0.29) is 0 Å². The van der Waals surface area contributed by atoms with Crippen molar-refractivity contribution in [1.29, 1.82) is 0 Å². The fraction of sp³-hybridized carbons (Fsp3) is 0.758. The molecule has 212 valence electrons. The first-order valence-corrected chi connectivity index (χ1v) is 15.6. The van der Waals surface area contributed by atoms with Crippen LogP contribution in [0.15, 0.2) is 24.3 Å². The van der Waals surface area contributed by atoms with E-state index in [1.807, 2.05) is 0 Å². The zero-order valence-corrected chi connectivity index (χ0v) is 24.2. The molecule has 0 fully saturated rings. The lowest BCUT2D eigenvalue weighted by Gasteiger charge is -2.10. The Kier molecular flexibility index (Phi) is 22.0. The molecule has 0 amide bonds. The van der Waals surface area contributed by atoms with Gasteiger partial charge < -0.3 is 9.47 Å². The first kappa shape index (κ1) is 33.2. The standard InChI is InChI=1S/C33H56O4/c1-3-5-7-9-11-13-15-17-19-21-25-29-37-33(35)31-27-23-22-26-30(31)32(34)36-28-24-20-18-16-14-12-10-8-6-4-2/h22-23,26-27H,3-21,24-25,28-29H2,1-2H3. The van der Waals surface area contributed by atoms with Gasteiger partial charge in [0.15, 0.2) is 0 Å². The monoisotopic (exact) mass is 516 g/mol. The van der Waals surface area contributed by atoms with Gasteiger partial charge in [-0.25, -0.2) is 9.59 Å². The molecule has 0 spiro atoms. The Hall–Kier alpha value is -1.84. The summed E-state index contributed by atoms with van der Waals surface area (Å²) in [6.45, 7) is 5.30. The van der Waals surface area contributed by atoms with Crippen molar-refractivity contribution in [2.24, 2.45) is 0 Å². The van der Waals surface area contributed by atoms with Crippen molar-refractivity contribution in [2.75, 3.05) is 13.2 Å². The zero-order chi connectivity index (χ0) is 26.8. The maximum Gasteiger partial charge on any atom is 0.339 e. The van der Waals surface area contributed by atoms with Crippen molar-refractivity contribution in [1.82, 2.24) is 0 Å². The molecular formula is C33H56O4. The Bertz CT molecular complexity index is 685. The number of ether oxygens (including phenoxy) is 2. The first-order chi connectivity index (χ1) is 18.2. The van der Waals surface area contributed by atoms with E-state index in [0.29, 0.717) is 24.3 Å². The molecule has 0 aliphatic carbocycles. The Morgan fingerprint density at radius 3 is 1.03 bits per heavy atom. The van der Waals surface area contributed by atoms with Crippen LogP contribution in [0.1, 0.15) is 169 Å². The average Bonchev–Trinajstić information content (AvgIpc) is 2.92. The minimum Gasteiger partial charge on any atom is -0.462 e. The molecule has 0 heterocycles. The van der Waals surface area contributed by atoms with Crippen LogP contribution in [-0.2, 0) is 9.47 Å². The second kappa shape index (κ2) is 24.5. The van der Waals surface area contributed by atoms with Crippen molar-refractivity contribution in [3.8, 4) is 0 Å². The number of benzene rings is 1. The van der Waals surface area contributed by atoms with E-state index in [2.05, 4.69) is 13.8 Å². The summed E-state index contributed by atoms with van der Waals surface area (Å²) in [4.78, 5) is 25.2. The summed E-state index contributed by atoms with van der Waals surface area (Å²) in [7, 11) is 0. The highest BCUT2D eigenvalue weighted by Crippen LogP contribution is 2.15. The van der Waals surface area contributed by atoms with Crippen LogP contribution in [0, 0.1) is 0 Å². The summed E-state index contributed by atoms with van der Waals surface area (Å²) < 4.78 is 10.9. The molecule has 0 N–H and O–H groups in total. The van der Waals surface area contributed by atoms with Gasteiger partial charge in [0.25, 0.3) is 0 Å². The molecule has 0 aliphatic heterocycles. The van der Waals surface area contributed by atoms with E-state index in [1.54, 1.807) is 24.3 Å². The van der Waals surface area contributed by atoms with E-state index in [1.165, 1.54) is 109 Å². The molecule has 0 bridgehead atoms. The molecular weight excluding hydrogens is 460 g/mol. The number of unbranched alkanes of at least 4 members (excludes halogenated alkanes) is 19. The van der Waals surface area contributed by atoms with Gasteiger partial charge in [0, 0.05) is 0 Å². The van der Waals surface area contributed by atoms with E-state index < -0.39 is 11.9 Å². The van der Waals surface area contributed by atoms with Crippen molar-refractivity contribution in [3.63, 3.8) is 0 Å². The Morgan fingerprint density at radius 2 is 0.730 bits per heavy atom. The molecule has 0 saturated carbocycles. The van der Waals surface area contributed by atoms with Gasteiger partial charge in [-0.05, 0) is 25.0 Å². The Balaban J connectivity index is 2.13. The second-order valence-electron chi connectivity index (χ2n) is 10.5. The highest BCUT2D eigenvalue weighted by molar-refractivity contribution is 6.03. The van der Waals surface area contributed by atoms with Crippen molar-refractivity contribution in [3.05, 3.63) is 35.4 Å². The second-order valence-corrected chi connectivity index (χ2v) is 10.5. The molecule has 0 atom stereocenters. The molecule has 0 unspecified atom stereocenters. The van der Waals surface area contributed by atoms with Crippen LogP contribution in [0.5, 0.6) is 0 Å². The third kappa shape index (κ3) is 18.1. The smallest absolute Gasteiger partial charge is 0.339 e. The van der Waals surface area contributed by atoms with Crippen molar-refractivity contribution in [2.45, 2.75) is 149 Å². The van der Waals surface area contributed by atoms with E-state index in [9.17, 15) is 9.59 Å². The molecule has 4 nitrogen and oxygen atoms in total. The third-order valence-electron chi connectivity index (χ3n) is 7.08. The molecule has 0 radical (unpaired) electrons. The van der Waals surface area contributed by atoms with Gasteiger partial charge in [0.1, 0.15) is 0 Å². The highest BCUT2D eigenvalue weighted by Gasteiger charge is 2.18. The third-order valence-corrected chi connectivity index (χ3v) is 7.08. The van der Waals surface area contributed by atoms with Gasteiger partial charge in [-0.2, -0.15) is 0 Å². The number of carbonyl (C=O) groups is 2. The molecule has 4 heteroatoms. The van der Waals surface area contributed by atoms with Gasteiger partial charge in [-0.1, -0.05) is 148 Å². The maximum atomic E-state index is 12.6. The number of hydrogen-bond donors (Lipinski definition) is 0. The van der Waals surface area contributed by atoms with E-state index >= 15 is 0 Å². The molecule has 0 aromatic heterocycles. The van der Waals surface area contributed by atoms with Crippen LogP contribution in [0.25, 0.3) is 0 Å². The SMILES string of the molecule is CCCCCCCCCCCCCOC(=O)c1ccccc1C(=O)OCCCCCCCCCCCC. The largest absolute Gasteiger partial charge is 0.462 e.